The summed E-state index contributed by atoms with van der Waals surface area (Å²) in [5.41, 5.74) is 0. The number of ether oxygens (including phenoxy) is 1. The molecule has 0 aromatic rings. The molecule has 2 unspecified atom stereocenters. The fourth-order valence-electron chi connectivity index (χ4n) is 1.77. The molecule has 0 aromatic carbocycles. The van der Waals surface area contributed by atoms with E-state index in [-0.39, 0.29) is 0 Å². The number of hydrogen-bond acceptors (Lipinski definition) is 4. The Labute approximate surface area is 97.9 Å². The van der Waals surface area contributed by atoms with E-state index in [2.05, 4.69) is 30.4 Å². The fourth-order valence-corrected chi connectivity index (χ4v) is 2.35. The lowest BCUT2D eigenvalue weighted by Crippen LogP contribution is -2.49. The molecule has 0 amide bonds. The van der Waals surface area contributed by atoms with Crippen LogP contribution in [-0.4, -0.2) is 62.3 Å². The molecule has 90 valence electrons. The van der Waals surface area contributed by atoms with Crippen molar-refractivity contribution in [3.63, 3.8) is 0 Å². The van der Waals surface area contributed by atoms with Crippen molar-refractivity contribution in [2.45, 2.75) is 25.4 Å². The molecule has 3 nitrogen and oxygen atoms in total. The number of morpholine rings is 1. The maximum atomic E-state index is 5.45. The first kappa shape index (κ1) is 13.3. The monoisotopic (exact) mass is 232 g/mol. The number of thioether (sulfide) groups is 1. The highest BCUT2D eigenvalue weighted by atomic mass is 32.2. The fraction of sp³-hybridized carbons (Fsp3) is 1.00. The average molecular weight is 232 g/mol. The smallest absolute Gasteiger partial charge is 0.0632 e. The standard InChI is InChI=1S/C11H24N2OS/c1-10(4-7-15-3)13(2)8-11-9-14-6-5-12-11/h10-12H,4-9H2,1-3H3. The SMILES string of the molecule is CSCCC(C)N(C)CC1COCCN1. The Hall–Kier alpha value is 0.230. The maximum Gasteiger partial charge on any atom is 0.0632 e. The third-order valence-electron chi connectivity index (χ3n) is 3.00. The van der Waals surface area contributed by atoms with E-state index in [1.54, 1.807) is 0 Å². The number of nitrogens with one attached hydrogen (secondary N) is 1. The molecule has 1 N–H and O–H groups in total. The number of hydrogen-bond donors (Lipinski definition) is 1. The zero-order chi connectivity index (χ0) is 11.1. The highest BCUT2D eigenvalue weighted by molar-refractivity contribution is 7.98. The van der Waals surface area contributed by atoms with Crippen molar-refractivity contribution < 1.29 is 4.74 Å². The van der Waals surface area contributed by atoms with E-state index >= 15 is 0 Å². The van der Waals surface area contributed by atoms with Gasteiger partial charge in [0.05, 0.1) is 13.2 Å². The van der Waals surface area contributed by atoms with Crippen molar-refractivity contribution in [2.75, 3.05) is 45.4 Å². The van der Waals surface area contributed by atoms with E-state index in [4.69, 9.17) is 4.74 Å². The number of rotatable bonds is 6. The van der Waals surface area contributed by atoms with Crippen molar-refractivity contribution in [3.05, 3.63) is 0 Å². The van der Waals surface area contributed by atoms with Crippen molar-refractivity contribution >= 4 is 11.8 Å². The van der Waals surface area contributed by atoms with E-state index < -0.39 is 0 Å². The van der Waals surface area contributed by atoms with Crippen LogP contribution in [0, 0.1) is 0 Å². The summed E-state index contributed by atoms with van der Waals surface area (Å²) in [6, 6.07) is 1.18. The minimum absolute atomic E-state index is 0.514. The molecule has 2 atom stereocenters. The van der Waals surface area contributed by atoms with Gasteiger partial charge in [-0.15, -0.1) is 0 Å². The third kappa shape index (κ3) is 5.20. The summed E-state index contributed by atoms with van der Waals surface area (Å²) in [6.07, 6.45) is 3.44. The molecule has 0 aliphatic carbocycles. The van der Waals surface area contributed by atoms with Gasteiger partial charge in [0, 0.05) is 25.2 Å². The van der Waals surface area contributed by atoms with Gasteiger partial charge in [0.15, 0.2) is 0 Å². The molecule has 0 saturated carbocycles. The predicted octanol–water partition coefficient (Wildman–Crippen LogP) is 1.05. The van der Waals surface area contributed by atoms with E-state index in [9.17, 15) is 0 Å². The molecule has 0 aromatic heterocycles. The first-order valence-electron chi connectivity index (χ1n) is 5.74. The van der Waals surface area contributed by atoms with Crippen LogP contribution in [0.5, 0.6) is 0 Å². The summed E-state index contributed by atoms with van der Waals surface area (Å²) in [7, 11) is 2.21. The second-order valence-electron chi connectivity index (χ2n) is 4.30. The molecule has 0 radical (unpaired) electrons. The Bertz CT molecular complexity index is 163. The quantitative estimate of drug-likeness (QED) is 0.740. The van der Waals surface area contributed by atoms with Crippen LogP contribution in [-0.2, 0) is 4.74 Å². The molecule has 0 spiro atoms. The molecular weight excluding hydrogens is 208 g/mol. The van der Waals surface area contributed by atoms with E-state index in [0.29, 0.717) is 12.1 Å². The number of nitrogens with zero attached hydrogens (tertiary/aromatic N) is 1. The molecule has 1 saturated heterocycles. The summed E-state index contributed by atoms with van der Waals surface area (Å²) < 4.78 is 5.45. The Kier molecular flexibility index (Phi) is 6.64. The van der Waals surface area contributed by atoms with Crippen molar-refractivity contribution in [1.82, 2.24) is 10.2 Å². The van der Waals surface area contributed by atoms with Gasteiger partial charge in [0.2, 0.25) is 0 Å². The second-order valence-corrected chi connectivity index (χ2v) is 5.28. The number of likely N-dealkylation sites (N-methyl/N-ethyl adjacent to an activating group) is 1. The molecule has 1 aliphatic heterocycles. The Morgan fingerprint density at radius 1 is 1.60 bits per heavy atom. The van der Waals surface area contributed by atoms with Crippen LogP contribution in [0.1, 0.15) is 13.3 Å². The first-order valence-corrected chi connectivity index (χ1v) is 7.13. The van der Waals surface area contributed by atoms with Gasteiger partial charge < -0.3 is 15.0 Å². The Morgan fingerprint density at radius 2 is 2.40 bits per heavy atom. The van der Waals surface area contributed by atoms with Crippen LogP contribution < -0.4 is 5.32 Å². The predicted molar refractivity (Wildman–Crippen MR) is 67.7 cm³/mol. The van der Waals surface area contributed by atoms with Crippen LogP contribution in [0.3, 0.4) is 0 Å². The molecule has 1 fully saturated rings. The summed E-state index contributed by atoms with van der Waals surface area (Å²) >= 11 is 1.93. The molecule has 4 heteroatoms. The van der Waals surface area contributed by atoms with E-state index in [0.717, 1.165) is 26.3 Å². The minimum atomic E-state index is 0.514. The minimum Gasteiger partial charge on any atom is -0.378 e. The van der Waals surface area contributed by atoms with Gasteiger partial charge >= 0.3 is 0 Å². The van der Waals surface area contributed by atoms with Gasteiger partial charge in [0.25, 0.3) is 0 Å². The summed E-state index contributed by atoms with van der Waals surface area (Å²) in [6.45, 7) is 6.12. The molecule has 1 heterocycles. The van der Waals surface area contributed by atoms with Crippen LogP contribution in [0.4, 0.5) is 0 Å². The van der Waals surface area contributed by atoms with Crippen LogP contribution >= 0.6 is 11.8 Å². The largest absolute Gasteiger partial charge is 0.378 e. The lowest BCUT2D eigenvalue weighted by atomic mass is 10.2. The lowest BCUT2D eigenvalue weighted by molar-refractivity contribution is 0.0604. The van der Waals surface area contributed by atoms with Gasteiger partial charge in [-0.1, -0.05) is 0 Å². The molecular formula is C11H24N2OS. The topological polar surface area (TPSA) is 24.5 Å². The van der Waals surface area contributed by atoms with Crippen LogP contribution in [0.25, 0.3) is 0 Å². The average Bonchev–Trinajstić information content (AvgIpc) is 2.27. The highest BCUT2D eigenvalue weighted by Crippen LogP contribution is 2.07. The van der Waals surface area contributed by atoms with Crippen LogP contribution in [0.15, 0.2) is 0 Å². The molecule has 1 rings (SSSR count). The normalized spacial score (nSPS) is 24.4. The van der Waals surface area contributed by atoms with E-state index in [1.807, 2.05) is 11.8 Å². The summed E-state index contributed by atoms with van der Waals surface area (Å²) in [5, 5.41) is 3.49. The van der Waals surface area contributed by atoms with Gasteiger partial charge in [0.1, 0.15) is 0 Å². The van der Waals surface area contributed by atoms with Gasteiger partial charge in [-0.2, -0.15) is 11.8 Å². The van der Waals surface area contributed by atoms with E-state index in [1.165, 1.54) is 12.2 Å². The van der Waals surface area contributed by atoms with Crippen molar-refractivity contribution in [2.24, 2.45) is 0 Å². The second kappa shape index (κ2) is 7.49. The summed E-state index contributed by atoms with van der Waals surface area (Å²) in [4.78, 5) is 2.43. The maximum absolute atomic E-state index is 5.45. The summed E-state index contributed by atoms with van der Waals surface area (Å²) in [5.74, 6) is 1.25. The van der Waals surface area contributed by atoms with Gasteiger partial charge in [-0.3, -0.25) is 0 Å². The first-order chi connectivity index (χ1) is 7.24. The van der Waals surface area contributed by atoms with Crippen molar-refractivity contribution in [1.29, 1.82) is 0 Å². The van der Waals surface area contributed by atoms with Gasteiger partial charge in [-0.05, 0) is 32.4 Å². The van der Waals surface area contributed by atoms with Crippen LogP contribution in [0.2, 0.25) is 0 Å². The van der Waals surface area contributed by atoms with Gasteiger partial charge in [-0.25, -0.2) is 0 Å². The zero-order valence-electron chi connectivity index (χ0n) is 10.2. The van der Waals surface area contributed by atoms with Crippen molar-refractivity contribution in [3.8, 4) is 0 Å². The Morgan fingerprint density at radius 3 is 3.00 bits per heavy atom. The molecule has 1 aliphatic rings. The zero-order valence-corrected chi connectivity index (χ0v) is 11.0. The highest BCUT2D eigenvalue weighted by Gasteiger charge is 2.17. The molecule has 0 bridgehead atoms. The lowest BCUT2D eigenvalue weighted by Gasteiger charge is -2.31. The third-order valence-corrected chi connectivity index (χ3v) is 3.64. The Balaban J connectivity index is 2.17. The molecule has 15 heavy (non-hydrogen) atoms.